The van der Waals surface area contributed by atoms with Crippen molar-refractivity contribution in [2.75, 3.05) is 14.2 Å². The van der Waals surface area contributed by atoms with Gasteiger partial charge >= 0.3 is 0 Å². The lowest BCUT2D eigenvalue weighted by Gasteiger charge is -2.15. The Morgan fingerprint density at radius 1 is 1.28 bits per heavy atom. The van der Waals surface area contributed by atoms with E-state index in [4.69, 9.17) is 4.74 Å². The average Bonchev–Trinajstić information content (AvgIpc) is 2.41. The van der Waals surface area contributed by atoms with Crippen molar-refractivity contribution < 1.29 is 9.13 Å². The molecule has 1 N–H and O–H groups in total. The van der Waals surface area contributed by atoms with Crippen LogP contribution in [-0.2, 0) is 0 Å². The Morgan fingerprint density at radius 2 is 2.00 bits per heavy atom. The fourth-order valence-electron chi connectivity index (χ4n) is 1.77. The second-order valence-electron chi connectivity index (χ2n) is 3.72. The zero-order valence-corrected chi connectivity index (χ0v) is 10.2. The Balaban J connectivity index is 2.37. The molecule has 1 aromatic carbocycles. The summed E-state index contributed by atoms with van der Waals surface area (Å²) in [6.45, 7) is 0. The van der Waals surface area contributed by atoms with E-state index in [-0.39, 0.29) is 11.8 Å². The first-order chi connectivity index (χ1) is 8.76. The Hall–Kier alpha value is -2.01. The summed E-state index contributed by atoms with van der Waals surface area (Å²) in [7, 11) is 3.22. The SMILES string of the molecule is CNC(c1ccc(OC)c(F)c1)c1ncccn1. The van der Waals surface area contributed by atoms with E-state index in [0.717, 1.165) is 5.56 Å². The Kier molecular flexibility index (Phi) is 3.84. The fourth-order valence-corrected chi connectivity index (χ4v) is 1.77. The summed E-state index contributed by atoms with van der Waals surface area (Å²) in [6, 6.07) is 6.31. The summed E-state index contributed by atoms with van der Waals surface area (Å²) in [5.74, 6) is 0.429. The highest BCUT2D eigenvalue weighted by atomic mass is 19.1. The predicted molar refractivity (Wildman–Crippen MR) is 65.9 cm³/mol. The van der Waals surface area contributed by atoms with Crippen molar-refractivity contribution in [1.29, 1.82) is 0 Å². The number of methoxy groups -OCH3 is 1. The normalized spacial score (nSPS) is 12.2. The van der Waals surface area contributed by atoms with Crippen LogP contribution in [0.5, 0.6) is 5.75 Å². The van der Waals surface area contributed by atoms with E-state index in [2.05, 4.69) is 15.3 Å². The number of ether oxygens (including phenoxy) is 1. The monoisotopic (exact) mass is 247 g/mol. The molecule has 0 fully saturated rings. The Morgan fingerprint density at radius 3 is 2.56 bits per heavy atom. The van der Waals surface area contributed by atoms with Crippen LogP contribution in [0.15, 0.2) is 36.7 Å². The quantitative estimate of drug-likeness (QED) is 0.896. The highest BCUT2D eigenvalue weighted by Crippen LogP contribution is 2.24. The molecule has 4 nitrogen and oxygen atoms in total. The standard InChI is InChI=1S/C13H14FN3O/c1-15-12(13-16-6-3-7-17-13)9-4-5-11(18-2)10(14)8-9/h3-8,12,15H,1-2H3. The van der Waals surface area contributed by atoms with Gasteiger partial charge in [0.2, 0.25) is 0 Å². The third kappa shape index (κ3) is 2.46. The molecule has 0 saturated heterocycles. The molecule has 18 heavy (non-hydrogen) atoms. The number of rotatable bonds is 4. The second kappa shape index (κ2) is 5.55. The summed E-state index contributed by atoms with van der Waals surface area (Å²) in [4.78, 5) is 8.34. The number of benzene rings is 1. The highest BCUT2D eigenvalue weighted by molar-refractivity contribution is 5.33. The molecular weight excluding hydrogens is 233 g/mol. The van der Waals surface area contributed by atoms with Crippen LogP contribution in [0.4, 0.5) is 4.39 Å². The van der Waals surface area contributed by atoms with E-state index in [9.17, 15) is 4.39 Å². The largest absolute Gasteiger partial charge is 0.494 e. The van der Waals surface area contributed by atoms with Crippen molar-refractivity contribution in [2.24, 2.45) is 0 Å². The maximum Gasteiger partial charge on any atom is 0.165 e. The molecule has 0 spiro atoms. The fraction of sp³-hybridized carbons (Fsp3) is 0.231. The lowest BCUT2D eigenvalue weighted by atomic mass is 10.1. The van der Waals surface area contributed by atoms with Gasteiger partial charge in [-0.15, -0.1) is 0 Å². The summed E-state index contributed by atoms with van der Waals surface area (Å²) in [5, 5.41) is 3.07. The van der Waals surface area contributed by atoms with Crippen LogP contribution in [-0.4, -0.2) is 24.1 Å². The van der Waals surface area contributed by atoms with E-state index in [1.54, 1.807) is 37.6 Å². The Labute approximate surface area is 105 Å². The van der Waals surface area contributed by atoms with Crippen molar-refractivity contribution >= 4 is 0 Å². The molecule has 0 saturated carbocycles. The molecule has 0 bridgehead atoms. The highest BCUT2D eigenvalue weighted by Gasteiger charge is 2.16. The first kappa shape index (κ1) is 12.4. The van der Waals surface area contributed by atoms with Crippen molar-refractivity contribution in [1.82, 2.24) is 15.3 Å². The maximum absolute atomic E-state index is 13.7. The van der Waals surface area contributed by atoms with E-state index >= 15 is 0 Å². The molecule has 0 aliphatic rings. The van der Waals surface area contributed by atoms with E-state index < -0.39 is 5.82 Å². The molecule has 0 aliphatic carbocycles. The molecule has 1 heterocycles. The zero-order valence-electron chi connectivity index (χ0n) is 10.2. The van der Waals surface area contributed by atoms with Gasteiger partial charge in [-0.05, 0) is 30.8 Å². The molecule has 1 unspecified atom stereocenters. The van der Waals surface area contributed by atoms with Gasteiger partial charge in [-0.1, -0.05) is 6.07 Å². The predicted octanol–water partition coefficient (Wildman–Crippen LogP) is 1.93. The molecule has 2 rings (SSSR count). The summed E-state index contributed by atoms with van der Waals surface area (Å²) in [6.07, 6.45) is 3.32. The maximum atomic E-state index is 13.7. The summed E-state index contributed by atoms with van der Waals surface area (Å²) < 4.78 is 18.6. The molecule has 94 valence electrons. The van der Waals surface area contributed by atoms with Crippen LogP contribution < -0.4 is 10.1 Å². The molecular formula is C13H14FN3O. The topological polar surface area (TPSA) is 47.0 Å². The molecule has 1 aromatic heterocycles. The van der Waals surface area contributed by atoms with Crippen molar-refractivity contribution in [3.05, 3.63) is 53.9 Å². The van der Waals surface area contributed by atoms with Crippen LogP contribution in [0.25, 0.3) is 0 Å². The van der Waals surface area contributed by atoms with Crippen LogP contribution >= 0.6 is 0 Å². The minimum atomic E-state index is -0.397. The molecule has 0 radical (unpaired) electrons. The second-order valence-corrected chi connectivity index (χ2v) is 3.72. The van der Waals surface area contributed by atoms with Gasteiger partial charge in [0.15, 0.2) is 11.6 Å². The number of hydrogen-bond donors (Lipinski definition) is 1. The van der Waals surface area contributed by atoms with E-state index in [1.165, 1.54) is 13.2 Å². The lowest BCUT2D eigenvalue weighted by Crippen LogP contribution is -2.20. The van der Waals surface area contributed by atoms with Gasteiger partial charge in [-0.25, -0.2) is 14.4 Å². The van der Waals surface area contributed by atoms with Crippen LogP contribution in [0.1, 0.15) is 17.4 Å². The van der Waals surface area contributed by atoms with Crippen molar-refractivity contribution in [2.45, 2.75) is 6.04 Å². The lowest BCUT2D eigenvalue weighted by molar-refractivity contribution is 0.385. The van der Waals surface area contributed by atoms with Crippen LogP contribution in [0.3, 0.4) is 0 Å². The van der Waals surface area contributed by atoms with Gasteiger partial charge in [0.05, 0.1) is 13.2 Å². The third-order valence-electron chi connectivity index (χ3n) is 2.64. The van der Waals surface area contributed by atoms with Gasteiger partial charge in [0.1, 0.15) is 5.82 Å². The van der Waals surface area contributed by atoms with Crippen LogP contribution in [0.2, 0.25) is 0 Å². The molecule has 0 aliphatic heterocycles. The van der Waals surface area contributed by atoms with Crippen molar-refractivity contribution in [3.8, 4) is 5.75 Å². The molecule has 0 amide bonds. The number of nitrogens with one attached hydrogen (secondary N) is 1. The van der Waals surface area contributed by atoms with E-state index in [0.29, 0.717) is 5.82 Å². The first-order valence-corrected chi connectivity index (χ1v) is 5.54. The molecule has 2 aromatic rings. The number of hydrogen-bond acceptors (Lipinski definition) is 4. The van der Waals surface area contributed by atoms with Crippen LogP contribution in [0, 0.1) is 5.82 Å². The van der Waals surface area contributed by atoms with Gasteiger partial charge in [0.25, 0.3) is 0 Å². The van der Waals surface area contributed by atoms with E-state index in [1.807, 2.05) is 0 Å². The van der Waals surface area contributed by atoms with Gasteiger partial charge < -0.3 is 10.1 Å². The molecule has 1 atom stereocenters. The minimum absolute atomic E-state index is 0.225. The minimum Gasteiger partial charge on any atom is -0.494 e. The van der Waals surface area contributed by atoms with Gasteiger partial charge in [-0.3, -0.25) is 0 Å². The third-order valence-corrected chi connectivity index (χ3v) is 2.64. The van der Waals surface area contributed by atoms with Gasteiger partial charge in [0, 0.05) is 12.4 Å². The summed E-state index contributed by atoms with van der Waals surface area (Å²) >= 11 is 0. The number of halogens is 1. The number of aromatic nitrogens is 2. The average molecular weight is 247 g/mol. The molecule has 5 heteroatoms. The number of nitrogens with zero attached hydrogens (tertiary/aromatic N) is 2. The first-order valence-electron chi connectivity index (χ1n) is 5.54. The smallest absolute Gasteiger partial charge is 0.165 e. The summed E-state index contributed by atoms with van der Waals surface area (Å²) in [5.41, 5.74) is 0.752. The Bertz CT molecular complexity index is 519. The van der Waals surface area contributed by atoms with Crippen molar-refractivity contribution in [3.63, 3.8) is 0 Å². The zero-order chi connectivity index (χ0) is 13.0. The van der Waals surface area contributed by atoms with Gasteiger partial charge in [-0.2, -0.15) is 0 Å².